The van der Waals surface area contributed by atoms with Crippen molar-refractivity contribution >= 4 is 15.9 Å². The van der Waals surface area contributed by atoms with E-state index < -0.39 is 23.5 Å². The van der Waals surface area contributed by atoms with Crippen molar-refractivity contribution in [3.05, 3.63) is 69.4 Å². The Bertz CT molecular complexity index is 616. The van der Waals surface area contributed by atoms with Gasteiger partial charge in [-0.25, -0.2) is 13.2 Å². The summed E-state index contributed by atoms with van der Waals surface area (Å²) in [5.74, 6) is -1.63. The van der Waals surface area contributed by atoms with Crippen LogP contribution in [0.25, 0.3) is 0 Å². The lowest BCUT2D eigenvalue weighted by Gasteiger charge is -2.20. The second-order valence-corrected chi connectivity index (χ2v) is 5.15. The van der Waals surface area contributed by atoms with Crippen molar-refractivity contribution in [2.45, 2.75) is 13.0 Å². The monoisotopic (exact) mass is 343 g/mol. The average molecular weight is 344 g/mol. The van der Waals surface area contributed by atoms with Crippen molar-refractivity contribution in [3.63, 3.8) is 0 Å². The molecule has 1 unspecified atom stereocenters. The summed E-state index contributed by atoms with van der Waals surface area (Å²) in [6, 6.07) is 7.48. The third kappa shape index (κ3) is 3.04. The topological polar surface area (TPSA) is 12.0 Å². The second-order valence-electron chi connectivity index (χ2n) is 4.30. The van der Waals surface area contributed by atoms with Gasteiger partial charge < -0.3 is 5.32 Å². The quantitative estimate of drug-likeness (QED) is 0.802. The lowest BCUT2D eigenvalue weighted by Crippen LogP contribution is -2.24. The van der Waals surface area contributed by atoms with Crippen LogP contribution in [-0.4, -0.2) is 6.54 Å². The van der Waals surface area contributed by atoms with E-state index in [1.54, 1.807) is 18.2 Å². The molecule has 1 nitrogen and oxygen atoms in total. The largest absolute Gasteiger partial charge is 0.306 e. The van der Waals surface area contributed by atoms with Crippen LogP contribution < -0.4 is 5.32 Å². The minimum Gasteiger partial charge on any atom is -0.306 e. The highest BCUT2D eigenvalue weighted by Gasteiger charge is 2.21. The Labute approximate surface area is 123 Å². The summed E-state index contributed by atoms with van der Waals surface area (Å²) in [5.41, 5.74) is 0.368. The van der Waals surface area contributed by atoms with Crippen molar-refractivity contribution in [2.24, 2.45) is 0 Å². The minimum atomic E-state index is -0.733. The fourth-order valence-electron chi connectivity index (χ4n) is 2.06. The predicted octanol–water partition coefficient (Wildman–Crippen LogP) is 4.57. The van der Waals surface area contributed by atoms with E-state index in [1.807, 2.05) is 6.92 Å². The molecule has 2 rings (SSSR count). The van der Waals surface area contributed by atoms with Gasteiger partial charge in [0, 0.05) is 11.1 Å². The maximum atomic E-state index is 14.1. The van der Waals surface area contributed by atoms with Crippen LogP contribution in [0.3, 0.4) is 0 Å². The smallest absolute Gasteiger partial charge is 0.137 e. The summed E-state index contributed by atoms with van der Waals surface area (Å²) in [6.45, 7) is 2.32. The first-order chi connectivity index (χ1) is 9.54. The number of nitrogens with one attached hydrogen (secondary N) is 1. The first-order valence-corrected chi connectivity index (χ1v) is 6.96. The molecule has 1 atom stereocenters. The Morgan fingerprint density at radius 2 is 1.70 bits per heavy atom. The van der Waals surface area contributed by atoms with Crippen LogP contribution in [-0.2, 0) is 0 Å². The van der Waals surface area contributed by atoms with Crippen LogP contribution in [0, 0.1) is 17.5 Å². The van der Waals surface area contributed by atoms with Gasteiger partial charge in [0.1, 0.15) is 17.5 Å². The maximum absolute atomic E-state index is 14.1. The molecule has 0 fully saturated rings. The normalized spacial score (nSPS) is 12.4. The first-order valence-electron chi connectivity index (χ1n) is 6.16. The standard InChI is InChI=1S/C15H13BrF3N/c1-2-20-15(9-5-3-4-6-12(9)17)10-7-14(19)11(16)8-13(10)18/h3-8,15,20H,2H2,1H3. The molecule has 2 aromatic rings. The van der Waals surface area contributed by atoms with Crippen molar-refractivity contribution in [1.82, 2.24) is 5.32 Å². The number of halogens is 4. The number of rotatable bonds is 4. The molecule has 106 valence electrons. The lowest BCUT2D eigenvalue weighted by molar-refractivity contribution is 0.521. The van der Waals surface area contributed by atoms with Crippen molar-refractivity contribution in [1.29, 1.82) is 0 Å². The van der Waals surface area contributed by atoms with Gasteiger partial charge in [0.25, 0.3) is 0 Å². The van der Waals surface area contributed by atoms with E-state index in [9.17, 15) is 13.2 Å². The number of hydrogen-bond acceptors (Lipinski definition) is 1. The molecule has 0 heterocycles. The average Bonchev–Trinajstić information content (AvgIpc) is 2.42. The van der Waals surface area contributed by atoms with Gasteiger partial charge in [-0.05, 0) is 40.7 Å². The Morgan fingerprint density at radius 1 is 1.00 bits per heavy atom. The number of benzene rings is 2. The van der Waals surface area contributed by atoms with E-state index in [-0.39, 0.29) is 15.6 Å². The van der Waals surface area contributed by atoms with Gasteiger partial charge in [0.05, 0.1) is 10.5 Å². The number of hydrogen-bond donors (Lipinski definition) is 1. The molecule has 2 aromatic carbocycles. The van der Waals surface area contributed by atoms with Gasteiger partial charge in [0.15, 0.2) is 0 Å². The van der Waals surface area contributed by atoms with Crippen LogP contribution in [0.5, 0.6) is 0 Å². The van der Waals surface area contributed by atoms with E-state index in [2.05, 4.69) is 21.2 Å². The van der Waals surface area contributed by atoms with Crippen LogP contribution in [0.4, 0.5) is 13.2 Å². The van der Waals surface area contributed by atoms with Crippen molar-refractivity contribution in [2.75, 3.05) is 6.54 Å². The molecular weight excluding hydrogens is 331 g/mol. The van der Waals surface area contributed by atoms with E-state index in [0.717, 1.165) is 12.1 Å². The van der Waals surface area contributed by atoms with Crippen molar-refractivity contribution in [3.8, 4) is 0 Å². The lowest BCUT2D eigenvalue weighted by atomic mass is 9.97. The fourth-order valence-corrected chi connectivity index (χ4v) is 2.38. The van der Waals surface area contributed by atoms with Gasteiger partial charge >= 0.3 is 0 Å². The molecule has 0 amide bonds. The third-order valence-electron chi connectivity index (χ3n) is 2.98. The molecule has 1 N–H and O–H groups in total. The molecule has 5 heteroatoms. The van der Waals surface area contributed by atoms with Crippen molar-refractivity contribution < 1.29 is 13.2 Å². The molecule has 0 bridgehead atoms. The molecule has 0 aromatic heterocycles. The van der Waals surface area contributed by atoms with Crippen LogP contribution in [0.15, 0.2) is 40.9 Å². The van der Waals surface area contributed by atoms with Crippen LogP contribution in [0.1, 0.15) is 24.1 Å². The zero-order valence-corrected chi connectivity index (χ0v) is 12.3. The van der Waals surface area contributed by atoms with Gasteiger partial charge in [0.2, 0.25) is 0 Å². The molecule has 0 aliphatic heterocycles. The molecule has 0 aliphatic rings. The molecule has 0 radical (unpaired) electrons. The van der Waals surface area contributed by atoms with Crippen LogP contribution in [0.2, 0.25) is 0 Å². The van der Waals surface area contributed by atoms with E-state index >= 15 is 0 Å². The fraction of sp³-hybridized carbons (Fsp3) is 0.200. The SMILES string of the molecule is CCNC(c1ccccc1F)c1cc(F)c(Br)cc1F. The predicted molar refractivity (Wildman–Crippen MR) is 76.0 cm³/mol. The molecular formula is C15H13BrF3N. The zero-order chi connectivity index (χ0) is 14.7. The molecule has 0 spiro atoms. The van der Waals surface area contributed by atoms with Gasteiger partial charge in [-0.2, -0.15) is 0 Å². The summed E-state index contributed by atoms with van der Waals surface area (Å²) in [5, 5.41) is 2.98. The Kier molecular flexibility index (Phi) is 4.83. The molecule has 0 saturated heterocycles. The summed E-state index contributed by atoms with van der Waals surface area (Å²) in [4.78, 5) is 0. The molecule has 0 saturated carbocycles. The Balaban J connectivity index is 2.54. The summed E-state index contributed by atoms with van der Waals surface area (Å²) in [6.07, 6.45) is 0. The van der Waals surface area contributed by atoms with E-state index in [0.29, 0.717) is 6.54 Å². The first kappa shape index (κ1) is 15.1. The Morgan fingerprint density at radius 3 is 2.35 bits per heavy atom. The summed E-state index contributed by atoms with van der Waals surface area (Å²) >= 11 is 2.93. The third-order valence-corrected chi connectivity index (χ3v) is 3.58. The highest BCUT2D eigenvalue weighted by atomic mass is 79.9. The molecule has 0 aliphatic carbocycles. The van der Waals surface area contributed by atoms with E-state index in [1.165, 1.54) is 6.07 Å². The van der Waals surface area contributed by atoms with Crippen LogP contribution >= 0.6 is 15.9 Å². The van der Waals surface area contributed by atoms with Gasteiger partial charge in [-0.1, -0.05) is 25.1 Å². The summed E-state index contributed by atoms with van der Waals surface area (Å²) in [7, 11) is 0. The highest BCUT2D eigenvalue weighted by Crippen LogP contribution is 2.29. The second kappa shape index (κ2) is 6.41. The zero-order valence-electron chi connectivity index (χ0n) is 10.8. The highest BCUT2D eigenvalue weighted by molar-refractivity contribution is 9.10. The maximum Gasteiger partial charge on any atom is 0.137 e. The van der Waals surface area contributed by atoms with E-state index in [4.69, 9.17) is 0 Å². The Hall–Kier alpha value is -1.33. The summed E-state index contributed by atoms with van der Waals surface area (Å²) < 4.78 is 41.6. The molecule has 20 heavy (non-hydrogen) atoms. The minimum absolute atomic E-state index is 0.0440. The van der Waals surface area contributed by atoms with Gasteiger partial charge in [-0.15, -0.1) is 0 Å². The van der Waals surface area contributed by atoms with Gasteiger partial charge in [-0.3, -0.25) is 0 Å².